The average molecular weight is 258 g/mol. The molecule has 0 unspecified atom stereocenters. The minimum absolute atomic E-state index is 0.202. The predicted molar refractivity (Wildman–Crippen MR) is 73.4 cm³/mol. The van der Waals surface area contributed by atoms with E-state index in [0.717, 1.165) is 41.1 Å². The van der Waals surface area contributed by atoms with Gasteiger partial charge < -0.3 is 4.98 Å². The number of aromatic amines is 1. The second-order valence-corrected chi connectivity index (χ2v) is 6.37. The molecular weight excluding hydrogens is 239 g/mol. The van der Waals surface area contributed by atoms with E-state index < -0.39 is 0 Å². The van der Waals surface area contributed by atoms with Crippen LogP contribution in [-0.4, -0.2) is 9.97 Å². The maximum atomic E-state index is 13.9. The first-order valence-corrected chi connectivity index (χ1v) is 7.35. The van der Waals surface area contributed by atoms with E-state index in [4.69, 9.17) is 0 Å². The molecule has 4 rings (SSSR count). The second kappa shape index (κ2) is 4.06. The van der Waals surface area contributed by atoms with Crippen LogP contribution in [0.5, 0.6) is 0 Å². The molecule has 19 heavy (non-hydrogen) atoms. The zero-order valence-electron chi connectivity index (χ0n) is 11.2. The molecule has 0 amide bonds. The van der Waals surface area contributed by atoms with Crippen molar-refractivity contribution < 1.29 is 4.39 Å². The molecule has 0 atom stereocenters. The topological polar surface area (TPSA) is 28.7 Å². The third-order valence-electron chi connectivity index (χ3n) is 4.62. The molecule has 3 heteroatoms. The van der Waals surface area contributed by atoms with Crippen LogP contribution in [0.2, 0.25) is 0 Å². The minimum atomic E-state index is -0.202. The van der Waals surface area contributed by atoms with Gasteiger partial charge in [0, 0.05) is 6.42 Å². The van der Waals surface area contributed by atoms with Gasteiger partial charge in [-0.05, 0) is 68.1 Å². The Kier molecular flexibility index (Phi) is 2.44. The molecule has 0 aliphatic heterocycles. The fourth-order valence-corrected chi connectivity index (χ4v) is 3.35. The number of aromatic nitrogens is 2. The smallest absolute Gasteiger partial charge is 0.151 e. The predicted octanol–water partition coefficient (Wildman–Crippen LogP) is 3.99. The number of aryl methyl sites for hydroxylation is 1. The highest BCUT2D eigenvalue weighted by Gasteiger charge is 2.41. The zero-order valence-corrected chi connectivity index (χ0v) is 11.2. The number of hydrogen-bond donors (Lipinski definition) is 1. The van der Waals surface area contributed by atoms with Gasteiger partial charge in [-0.1, -0.05) is 0 Å². The lowest BCUT2D eigenvalue weighted by atomic mass is 9.94. The fourth-order valence-electron chi connectivity index (χ4n) is 3.35. The van der Waals surface area contributed by atoms with Gasteiger partial charge in [0.1, 0.15) is 11.3 Å². The largest absolute Gasteiger partial charge is 0.342 e. The minimum Gasteiger partial charge on any atom is -0.342 e. The molecule has 0 bridgehead atoms. The van der Waals surface area contributed by atoms with E-state index in [1.807, 2.05) is 13.0 Å². The first-order valence-electron chi connectivity index (χ1n) is 7.35. The molecule has 100 valence electrons. The molecule has 2 aliphatic rings. The van der Waals surface area contributed by atoms with Crippen LogP contribution in [0, 0.1) is 30.5 Å². The molecule has 1 aromatic heterocycles. The van der Waals surface area contributed by atoms with Crippen molar-refractivity contribution in [2.24, 2.45) is 17.8 Å². The number of H-pyrrole nitrogens is 1. The van der Waals surface area contributed by atoms with Crippen molar-refractivity contribution in [1.82, 2.24) is 9.97 Å². The summed E-state index contributed by atoms with van der Waals surface area (Å²) in [7, 11) is 0. The van der Waals surface area contributed by atoms with Gasteiger partial charge in [-0.2, -0.15) is 0 Å². The molecule has 1 N–H and O–H groups in total. The van der Waals surface area contributed by atoms with Crippen LogP contribution in [0.3, 0.4) is 0 Å². The quantitative estimate of drug-likeness (QED) is 0.882. The summed E-state index contributed by atoms with van der Waals surface area (Å²) in [5, 5.41) is 0. The third kappa shape index (κ3) is 2.15. The van der Waals surface area contributed by atoms with Gasteiger partial charge in [0.05, 0.1) is 5.52 Å². The summed E-state index contributed by atoms with van der Waals surface area (Å²) >= 11 is 0. The SMILES string of the molecule is Cc1cc(F)c2nc(CC(C3CC3)C3CC3)[nH]c2c1. The summed E-state index contributed by atoms with van der Waals surface area (Å²) in [6.45, 7) is 1.92. The number of halogens is 1. The monoisotopic (exact) mass is 258 g/mol. The summed E-state index contributed by atoms with van der Waals surface area (Å²) in [5.41, 5.74) is 2.30. The summed E-state index contributed by atoms with van der Waals surface area (Å²) in [4.78, 5) is 7.80. The lowest BCUT2D eigenvalue weighted by Crippen LogP contribution is -2.10. The Labute approximate surface area is 112 Å². The molecule has 1 heterocycles. The Morgan fingerprint density at radius 2 is 1.95 bits per heavy atom. The van der Waals surface area contributed by atoms with Crippen molar-refractivity contribution in [1.29, 1.82) is 0 Å². The number of rotatable bonds is 4. The highest BCUT2D eigenvalue weighted by Crippen LogP contribution is 2.50. The van der Waals surface area contributed by atoms with E-state index in [1.165, 1.54) is 25.7 Å². The second-order valence-electron chi connectivity index (χ2n) is 6.37. The van der Waals surface area contributed by atoms with Gasteiger partial charge in [0.2, 0.25) is 0 Å². The number of nitrogens with zero attached hydrogens (tertiary/aromatic N) is 1. The maximum Gasteiger partial charge on any atom is 0.151 e. The Bertz CT molecular complexity index is 611. The Morgan fingerprint density at radius 3 is 2.58 bits per heavy atom. The third-order valence-corrected chi connectivity index (χ3v) is 4.62. The van der Waals surface area contributed by atoms with E-state index in [0.29, 0.717) is 5.52 Å². The molecule has 2 nitrogen and oxygen atoms in total. The van der Waals surface area contributed by atoms with E-state index in [9.17, 15) is 4.39 Å². The van der Waals surface area contributed by atoms with Crippen molar-refractivity contribution >= 4 is 11.0 Å². The van der Waals surface area contributed by atoms with Crippen molar-refractivity contribution in [3.63, 3.8) is 0 Å². The van der Waals surface area contributed by atoms with Crippen LogP contribution in [0.15, 0.2) is 12.1 Å². The summed E-state index contributed by atoms with van der Waals surface area (Å²) < 4.78 is 13.9. The van der Waals surface area contributed by atoms with Crippen molar-refractivity contribution in [3.8, 4) is 0 Å². The van der Waals surface area contributed by atoms with Gasteiger partial charge >= 0.3 is 0 Å². The van der Waals surface area contributed by atoms with Gasteiger partial charge in [0.15, 0.2) is 5.82 Å². The summed E-state index contributed by atoms with van der Waals surface area (Å²) in [5.74, 6) is 3.37. The van der Waals surface area contributed by atoms with Crippen molar-refractivity contribution in [3.05, 3.63) is 29.3 Å². The molecule has 0 spiro atoms. The number of imidazole rings is 1. The molecule has 1 aromatic carbocycles. The maximum absolute atomic E-state index is 13.9. The van der Waals surface area contributed by atoms with Gasteiger partial charge in [-0.25, -0.2) is 9.37 Å². The molecule has 0 radical (unpaired) electrons. The fraction of sp³-hybridized carbons (Fsp3) is 0.562. The first kappa shape index (κ1) is 11.4. The number of hydrogen-bond acceptors (Lipinski definition) is 1. The van der Waals surface area contributed by atoms with E-state index >= 15 is 0 Å². The molecule has 0 saturated heterocycles. The van der Waals surface area contributed by atoms with Crippen molar-refractivity contribution in [2.75, 3.05) is 0 Å². The average Bonchev–Trinajstić information content (AvgIpc) is 3.24. The van der Waals surface area contributed by atoms with Gasteiger partial charge in [0.25, 0.3) is 0 Å². The number of benzene rings is 1. The van der Waals surface area contributed by atoms with E-state index in [-0.39, 0.29) is 5.82 Å². The Hall–Kier alpha value is -1.38. The molecule has 2 fully saturated rings. The molecule has 2 aromatic rings. The van der Waals surface area contributed by atoms with Crippen LogP contribution in [0.1, 0.15) is 37.1 Å². The molecule has 2 aliphatic carbocycles. The first-order chi connectivity index (χ1) is 9.20. The van der Waals surface area contributed by atoms with E-state index in [2.05, 4.69) is 9.97 Å². The molecule has 2 saturated carbocycles. The summed E-state index contributed by atoms with van der Waals surface area (Å²) in [6.07, 6.45) is 6.54. The Morgan fingerprint density at radius 1 is 1.26 bits per heavy atom. The van der Waals surface area contributed by atoms with Crippen LogP contribution in [-0.2, 0) is 6.42 Å². The normalized spacial score (nSPS) is 19.5. The van der Waals surface area contributed by atoms with Crippen LogP contribution < -0.4 is 0 Å². The van der Waals surface area contributed by atoms with Gasteiger partial charge in [-0.3, -0.25) is 0 Å². The number of fused-ring (bicyclic) bond motifs is 1. The zero-order chi connectivity index (χ0) is 13.0. The van der Waals surface area contributed by atoms with Gasteiger partial charge in [-0.15, -0.1) is 0 Å². The van der Waals surface area contributed by atoms with Crippen LogP contribution in [0.4, 0.5) is 4.39 Å². The Balaban J connectivity index is 1.65. The standard InChI is InChI=1S/C16H19FN2/c1-9-6-13(17)16-14(7-9)18-15(19-16)8-12(10-2-3-10)11-4-5-11/h6-7,10-12H,2-5,8H2,1H3,(H,18,19). The van der Waals surface area contributed by atoms with Crippen molar-refractivity contribution in [2.45, 2.75) is 39.0 Å². The summed E-state index contributed by atoms with van der Waals surface area (Å²) in [6, 6.07) is 3.55. The highest BCUT2D eigenvalue weighted by molar-refractivity contribution is 5.76. The lowest BCUT2D eigenvalue weighted by molar-refractivity contribution is 0.397. The molecular formula is C16H19FN2. The number of nitrogens with one attached hydrogen (secondary N) is 1. The van der Waals surface area contributed by atoms with Crippen LogP contribution >= 0.6 is 0 Å². The van der Waals surface area contributed by atoms with E-state index in [1.54, 1.807) is 6.07 Å². The highest BCUT2D eigenvalue weighted by atomic mass is 19.1. The van der Waals surface area contributed by atoms with Crippen LogP contribution in [0.25, 0.3) is 11.0 Å². The lowest BCUT2D eigenvalue weighted by Gasteiger charge is -2.12.